The van der Waals surface area contributed by atoms with Crippen LogP contribution in [0.15, 0.2) is 53.7 Å². The second-order valence-electron chi connectivity index (χ2n) is 16.2. The van der Waals surface area contributed by atoms with Gasteiger partial charge in [0.05, 0.1) is 0 Å². The number of aliphatic hydroxyl groups is 1. The molecule has 6 rings (SSSR count). The van der Waals surface area contributed by atoms with E-state index < -0.39 is 0 Å². The van der Waals surface area contributed by atoms with Crippen LogP contribution >= 0.6 is 34.0 Å². The molecule has 2 aromatic carbocycles. The first-order chi connectivity index (χ1) is 24.0. The zero-order valence-electron chi connectivity index (χ0n) is 33.1. The van der Waals surface area contributed by atoms with Crippen molar-refractivity contribution >= 4 is 80.1 Å². The van der Waals surface area contributed by atoms with Gasteiger partial charge in [-0.3, -0.25) is 9.78 Å². The molecule has 0 unspecified atom stereocenters. The van der Waals surface area contributed by atoms with E-state index in [0.717, 1.165) is 43.4 Å². The third-order valence-electron chi connectivity index (χ3n) is 11.2. The van der Waals surface area contributed by atoms with Gasteiger partial charge in [-0.15, -0.1) is 46.3 Å². The predicted molar refractivity (Wildman–Crippen MR) is 227 cm³/mol. The van der Waals surface area contributed by atoms with Gasteiger partial charge >= 0.3 is 0 Å². The largest absolute Gasteiger partial charge is 0.512 e. The molecule has 0 saturated carbocycles. The maximum Gasteiger partial charge on any atom is 0.164 e. The molecule has 0 aliphatic carbocycles. The number of benzene rings is 2. The van der Waals surface area contributed by atoms with E-state index >= 15 is 0 Å². The van der Waals surface area contributed by atoms with Crippen molar-refractivity contribution in [3.05, 3.63) is 75.8 Å². The Balaban J connectivity index is 0.000000289. The van der Waals surface area contributed by atoms with Crippen molar-refractivity contribution < 1.29 is 30.0 Å². The van der Waals surface area contributed by atoms with E-state index in [2.05, 4.69) is 83.3 Å². The summed E-state index contributed by atoms with van der Waals surface area (Å²) in [7, 11) is 0. The average Bonchev–Trinajstić information content (AvgIpc) is 3.80. The van der Waals surface area contributed by atoms with Crippen LogP contribution in [0.25, 0.3) is 51.6 Å². The van der Waals surface area contributed by atoms with Gasteiger partial charge in [0.2, 0.25) is 0 Å². The van der Waals surface area contributed by atoms with Crippen LogP contribution in [0.4, 0.5) is 0 Å². The molecule has 4 heterocycles. The van der Waals surface area contributed by atoms with Crippen molar-refractivity contribution in [2.24, 2.45) is 16.7 Å². The molecule has 0 aliphatic heterocycles. The fourth-order valence-electron chi connectivity index (χ4n) is 6.70. The van der Waals surface area contributed by atoms with E-state index in [1.165, 1.54) is 62.4 Å². The fourth-order valence-corrected chi connectivity index (χ4v) is 10.2. The molecule has 0 atom stereocenters. The van der Waals surface area contributed by atoms with Crippen molar-refractivity contribution in [2.75, 3.05) is 0 Å². The van der Waals surface area contributed by atoms with Crippen LogP contribution in [0.5, 0.6) is 0 Å². The van der Waals surface area contributed by atoms with Crippen LogP contribution in [0, 0.1) is 29.7 Å². The van der Waals surface area contributed by atoms with Gasteiger partial charge < -0.3 is 5.11 Å². The number of aliphatic hydroxyl groups excluding tert-OH is 1. The Kier molecular flexibility index (Phi) is 13.5. The van der Waals surface area contributed by atoms with E-state index in [9.17, 15) is 9.90 Å². The first-order valence-electron chi connectivity index (χ1n) is 18.6. The molecule has 4 aromatic heterocycles. The fraction of sp³-hybridized carbons (Fsp3) is 0.467. The van der Waals surface area contributed by atoms with Crippen LogP contribution in [0.3, 0.4) is 0 Å². The number of allylic oxidation sites excluding steroid dienone is 2. The third-order valence-corrected chi connectivity index (χ3v) is 14.5. The molecule has 0 saturated heterocycles. The number of thiophene rings is 3. The zero-order valence-corrected chi connectivity index (χ0v) is 37.9. The molecule has 6 aromatic rings. The number of ketones is 1. The quantitative estimate of drug-likeness (QED) is 0.0846. The standard InChI is InChI=1S/C30H28NS3.C15H28O2.Ir/c1-16(2)11-21-17(3)33-25-15-26-22(14-23(21)25)20-7-9-31-27(29(20)34-26)19-12-18-8-10-32-28(18)24(13-19)30(4,5)6;1-7-14(5,8-2)12(16)11-13(17)15(6,9-3)10-4;/h7-10,13-16H,11H2,1-6H3;11,16H,7-10H2,1-6H3;/q-1;;/b;12-11-;. The van der Waals surface area contributed by atoms with Gasteiger partial charge in [0.1, 0.15) is 5.76 Å². The average molecular weight is 931 g/mol. The molecule has 0 bridgehead atoms. The summed E-state index contributed by atoms with van der Waals surface area (Å²) in [5.41, 5.74) is 4.52. The molecule has 1 N–H and O–H groups in total. The third kappa shape index (κ3) is 8.30. The Labute approximate surface area is 337 Å². The molecule has 0 amide bonds. The Hall–Kier alpha value is -2.41. The number of aryl methyl sites for hydroxylation is 1. The molecule has 0 fully saturated rings. The van der Waals surface area contributed by atoms with Gasteiger partial charge in [-0.05, 0) is 95.0 Å². The van der Waals surface area contributed by atoms with E-state index in [0.29, 0.717) is 5.92 Å². The van der Waals surface area contributed by atoms with Crippen LogP contribution < -0.4 is 0 Å². The molecule has 7 heteroatoms. The van der Waals surface area contributed by atoms with Crippen LogP contribution in [-0.4, -0.2) is 15.9 Å². The number of carbonyl (C=O) groups excluding carboxylic acids is 1. The summed E-state index contributed by atoms with van der Waals surface area (Å²) in [6.45, 7) is 25.9. The molecule has 52 heavy (non-hydrogen) atoms. The summed E-state index contributed by atoms with van der Waals surface area (Å²) in [6, 6.07) is 15.3. The molecule has 0 spiro atoms. The first kappa shape index (κ1) is 42.3. The molecular weight excluding hydrogens is 875 g/mol. The molecule has 0 aliphatic rings. The monoisotopic (exact) mass is 931 g/mol. The van der Waals surface area contributed by atoms with Gasteiger partial charge in [-0.25, -0.2) is 0 Å². The molecule has 1 radical (unpaired) electrons. The van der Waals surface area contributed by atoms with Gasteiger partial charge in [-0.2, -0.15) is 11.3 Å². The minimum absolute atomic E-state index is 0. The second kappa shape index (κ2) is 16.5. The summed E-state index contributed by atoms with van der Waals surface area (Å²) in [5, 5.41) is 17.6. The van der Waals surface area contributed by atoms with E-state index in [4.69, 9.17) is 4.98 Å². The second-order valence-corrected chi connectivity index (χ2v) is 19.4. The number of nitrogens with zero attached hydrogens (tertiary/aromatic N) is 1. The van der Waals surface area contributed by atoms with Crippen LogP contribution in [-0.2, 0) is 36.7 Å². The Bertz CT molecular complexity index is 2220. The summed E-state index contributed by atoms with van der Waals surface area (Å²) in [6.07, 6.45) is 7.87. The predicted octanol–water partition coefficient (Wildman–Crippen LogP) is 14.8. The number of hydrogen-bond acceptors (Lipinski definition) is 6. The van der Waals surface area contributed by atoms with E-state index in [1.54, 1.807) is 0 Å². The zero-order chi connectivity index (χ0) is 37.5. The number of hydrogen-bond donors (Lipinski definition) is 1. The van der Waals surface area contributed by atoms with E-state index in [1.807, 2.05) is 81.7 Å². The van der Waals surface area contributed by atoms with Gasteiger partial charge in [0.15, 0.2) is 5.78 Å². The molecule has 281 valence electrons. The normalized spacial score (nSPS) is 12.9. The van der Waals surface area contributed by atoms with Crippen molar-refractivity contribution in [1.82, 2.24) is 4.98 Å². The SMILES string of the molecule is CCC(C)(CC)C(=O)/C=C(\O)C(C)(CC)CC.Cc1sc2cc3sc4c(-c5[c-]c6ccsc6c(C(C)(C)C)c5)nccc4c3cc2c1CC(C)C.[Ir]. The Morgan fingerprint density at radius 1 is 0.865 bits per heavy atom. The van der Waals surface area contributed by atoms with Crippen molar-refractivity contribution in [3.8, 4) is 11.3 Å². The van der Waals surface area contributed by atoms with Crippen LogP contribution in [0.2, 0.25) is 0 Å². The number of pyridine rings is 1. The number of aromatic nitrogens is 1. The minimum atomic E-state index is -0.337. The van der Waals surface area contributed by atoms with Crippen LogP contribution in [0.1, 0.15) is 118 Å². The van der Waals surface area contributed by atoms with Crippen molar-refractivity contribution in [3.63, 3.8) is 0 Å². The summed E-state index contributed by atoms with van der Waals surface area (Å²) >= 11 is 5.63. The Morgan fingerprint density at radius 2 is 1.50 bits per heavy atom. The summed E-state index contributed by atoms with van der Waals surface area (Å²) in [4.78, 5) is 18.5. The summed E-state index contributed by atoms with van der Waals surface area (Å²) in [5.74, 6) is 0.940. The molecular formula is C45H56IrNO2S3-. The molecule has 3 nitrogen and oxygen atoms in total. The minimum Gasteiger partial charge on any atom is -0.512 e. The number of fused-ring (bicyclic) bond motifs is 5. The van der Waals surface area contributed by atoms with Gasteiger partial charge in [0, 0.05) is 73.3 Å². The van der Waals surface area contributed by atoms with Crippen molar-refractivity contribution in [1.29, 1.82) is 0 Å². The summed E-state index contributed by atoms with van der Waals surface area (Å²) < 4.78 is 5.36. The maximum atomic E-state index is 12.2. The van der Waals surface area contributed by atoms with Crippen molar-refractivity contribution in [2.45, 2.75) is 121 Å². The topological polar surface area (TPSA) is 50.2 Å². The Morgan fingerprint density at radius 3 is 2.10 bits per heavy atom. The number of carbonyl (C=O) groups is 1. The van der Waals surface area contributed by atoms with Gasteiger partial charge in [0.25, 0.3) is 0 Å². The van der Waals surface area contributed by atoms with E-state index in [-0.39, 0.29) is 47.9 Å². The first-order valence-corrected chi connectivity index (χ1v) is 21.1. The van der Waals surface area contributed by atoms with Gasteiger partial charge in [-0.1, -0.05) is 87.3 Å². The smallest absolute Gasteiger partial charge is 0.164 e. The maximum absolute atomic E-state index is 12.2. The number of rotatable bonds is 10.